The van der Waals surface area contributed by atoms with Gasteiger partial charge in [-0.05, 0) is 28.4 Å². The van der Waals surface area contributed by atoms with Crippen molar-refractivity contribution in [3.8, 4) is 0 Å². The van der Waals surface area contributed by atoms with Gasteiger partial charge in [-0.3, -0.25) is 0 Å². The number of aromatic nitrogens is 1. The van der Waals surface area contributed by atoms with E-state index in [1.165, 1.54) is 0 Å². The highest BCUT2D eigenvalue weighted by atomic mass is 79.9. The zero-order valence-corrected chi connectivity index (χ0v) is 10.3. The van der Waals surface area contributed by atoms with Crippen molar-refractivity contribution in [3.05, 3.63) is 16.2 Å². The molecule has 4 nitrogen and oxygen atoms in total. The number of nitrogens with zero attached hydrogens (tertiary/aromatic N) is 2. The van der Waals surface area contributed by atoms with Crippen LogP contribution in [0.3, 0.4) is 0 Å². The smallest absolute Gasteiger partial charge is 0.143 e. The van der Waals surface area contributed by atoms with Crippen LogP contribution in [-0.2, 0) is 0 Å². The van der Waals surface area contributed by atoms with Crippen LogP contribution in [0.2, 0.25) is 0 Å². The molecule has 0 amide bonds. The Labute approximate surface area is 98.0 Å². The van der Waals surface area contributed by atoms with Crippen molar-refractivity contribution in [2.45, 2.75) is 6.92 Å². The van der Waals surface area contributed by atoms with Crippen LogP contribution < -0.4 is 16.0 Å². The molecule has 1 aliphatic heterocycles. The van der Waals surface area contributed by atoms with E-state index < -0.39 is 0 Å². The van der Waals surface area contributed by atoms with E-state index in [0.29, 0.717) is 0 Å². The largest absolute Gasteiger partial charge is 0.397 e. The van der Waals surface area contributed by atoms with E-state index in [9.17, 15) is 0 Å². The molecule has 1 fully saturated rings. The number of piperazine rings is 1. The van der Waals surface area contributed by atoms with Gasteiger partial charge in [-0.15, -0.1) is 0 Å². The van der Waals surface area contributed by atoms with Crippen molar-refractivity contribution in [2.75, 3.05) is 36.8 Å². The number of hydrogen-bond acceptors (Lipinski definition) is 4. The fourth-order valence-corrected chi connectivity index (χ4v) is 2.26. The molecule has 0 aromatic carbocycles. The SMILES string of the molecule is Cc1c(N)cnc(N2CCNCC2)c1Br. The summed E-state index contributed by atoms with van der Waals surface area (Å²) in [6, 6.07) is 0. The Hall–Kier alpha value is -0.810. The number of hydrogen-bond donors (Lipinski definition) is 2. The van der Waals surface area contributed by atoms with Crippen LogP contribution in [0.1, 0.15) is 5.56 Å². The fraction of sp³-hybridized carbons (Fsp3) is 0.500. The Kier molecular flexibility index (Phi) is 3.11. The predicted octanol–water partition coefficient (Wildman–Crippen LogP) is 1.14. The molecular formula is C10H15BrN4. The fourth-order valence-electron chi connectivity index (χ4n) is 1.68. The lowest BCUT2D eigenvalue weighted by atomic mass is 10.2. The third kappa shape index (κ3) is 2.08. The summed E-state index contributed by atoms with van der Waals surface area (Å²) in [7, 11) is 0. The molecule has 0 spiro atoms. The Morgan fingerprint density at radius 1 is 1.47 bits per heavy atom. The Bertz CT molecular complexity index is 361. The molecule has 15 heavy (non-hydrogen) atoms. The summed E-state index contributed by atoms with van der Waals surface area (Å²) in [4.78, 5) is 6.66. The lowest BCUT2D eigenvalue weighted by molar-refractivity contribution is 0.584. The highest BCUT2D eigenvalue weighted by Gasteiger charge is 2.16. The summed E-state index contributed by atoms with van der Waals surface area (Å²) >= 11 is 3.56. The number of anilines is 2. The summed E-state index contributed by atoms with van der Waals surface area (Å²) < 4.78 is 1.02. The van der Waals surface area contributed by atoms with Crippen LogP contribution in [0.4, 0.5) is 11.5 Å². The predicted molar refractivity (Wildman–Crippen MR) is 66.2 cm³/mol. The molecule has 0 aliphatic carbocycles. The van der Waals surface area contributed by atoms with Gasteiger partial charge in [0.05, 0.1) is 16.4 Å². The maximum absolute atomic E-state index is 5.80. The van der Waals surface area contributed by atoms with Crippen LogP contribution in [0.5, 0.6) is 0 Å². The first-order valence-electron chi connectivity index (χ1n) is 5.06. The van der Waals surface area contributed by atoms with Gasteiger partial charge in [-0.25, -0.2) is 4.98 Å². The number of nitrogens with one attached hydrogen (secondary N) is 1. The number of nitrogen functional groups attached to an aromatic ring is 1. The van der Waals surface area contributed by atoms with Gasteiger partial charge in [0.15, 0.2) is 0 Å². The minimum absolute atomic E-state index is 0.737. The summed E-state index contributed by atoms with van der Waals surface area (Å²) in [5.74, 6) is 1.00. The lowest BCUT2D eigenvalue weighted by Crippen LogP contribution is -2.44. The molecular weight excluding hydrogens is 256 g/mol. The zero-order valence-electron chi connectivity index (χ0n) is 8.76. The van der Waals surface area contributed by atoms with E-state index >= 15 is 0 Å². The van der Waals surface area contributed by atoms with Crippen LogP contribution in [0.25, 0.3) is 0 Å². The van der Waals surface area contributed by atoms with Crippen molar-refractivity contribution in [3.63, 3.8) is 0 Å². The van der Waals surface area contributed by atoms with Crippen LogP contribution in [-0.4, -0.2) is 31.2 Å². The van der Waals surface area contributed by atoms with Gasteiger partial charge in [0.2, 0.25) is 0 Å². The first kappa shape index (κ1) is 10.7. The average molecular weight is 271 g/mol. The minimum Gasteiger partial charge on any atom is -0.397 e. The minimum atomic E-state index is 0.737. The van der Waals surface area contributed by atoms with Crippen molar-refractivity contribution in [2.24, 2.45) is 0 Å². The normalized spacial score (nSPS) is 16.8. The summed E-state index contributed by atoms with van der Waals surface area (Å²) in [5, 5.41) is 3.32. The summed E-state index contributed by atoms with van der Waals surface area (Å²) in [5.41, 5.74) is 7.60. The van der Waals surface area contributed by atoms with E-state index in [4.69, 9.17) is 5.73 Å². The van der Waals surface area contributed by atoms with E-state index in [0.717, 1.165) is 47.7 Å². The highest BCUT2D eigenvalue weighted by Crippen LogP contribution is 2.30. The molecule has 5 heteroatoms. The Morgan fingerprint density at radius 2 is 2.13 bits per heavy atom. The molecule has 0 atom stereocenters. The number of halogens is 1. The van der Waals surface area contributed by atoms with Gasteiger partial charge in [-0.2, -0.15) is 0 Å². The second-order valence-electron chi connectivity index (χ2n) is 3.71. The molecule has 0 radical (unpaired) electrons. The molecule has 1 aromatic heterocycles. The molecule has 0 unspecified atom stereocenters. The van der Waals surface area contributed by atoms with Crippen LogP contribution >= 0.6 is 15.9 Å². The molecule has 1 aromatic rings. The van der Waals surface area contributed by atoms with Crippen molar-refractivity contribution in [1.29, 1.82) is 0 Å². The van der Waals surface area contributed by atoms with E-state index in [2.05, 4.69) is 31.1 Å². The van der Waals surface area contributed by atoms with E-state index in [-0.39, 0.29) is 0 Å². The number of rotatable bonds is 1. The second-order valence-corrected chi connectivity index (χ2v) is 4.51. The van der Waals surface area contributed by atoms with E-state index in [1.807, 2.05) is 6.92 Å². The molecule has 1 aliphatic rings. The Morgan fingerprint density at radius 3 is 2.80 bits per heavy atom. The molecule has 82 valence electrons. The van der Waals surface area contributed by atoms with Crippen molar-refractivity contribution >= 4 is 27.4 Å². The monoisotopic (exact) mass is 270 g/mol. The van der Waals surface area contributed by atoms with E-state index in [1.54, 1.807) is 6.20 Å². The van der Waals surface area contributed by atoms with Gasteiger partial charge in [0.1, 0.15) is 5.82 Å². The first-order chi connectivity index (χ1) is 7.20. The molecule has 0 bridgehead atoms. The number of nitrogens with two attached hydrogens (primary N) is 1. The lowest BCUT2D eigenvalue weighted by Gasteiger charge is -2.29. The second kappa shape index (κ2) is 4.37. The molecule has 0 saturated carbocycles. The molecule has 2 heterocycles. The average Bonchev–Trinajstić information content (AvgIpc) is 2.27. The molecule has 1 saturated heterocycles. The summed E-state index contributed by atoms with van der Waals surface area (Å²) in [6.45, 7) is 6.02. The zero-order chi connectivity index (χ0) is 10.8. The van der Waals surface area contributed by atoms with Crippen molar-refractivity contribution in [1.82, 2.24) is 10.3 Å². The third-order valence-electron chi connectivity index (χ3n) is 2.70. The van der Waals surface area contributed by atoms with Crippen LogP contribution in [0.15, 0.2) is 10.7 Å². The standard InChI is InChI=1S/C10H15BrN4/c1-7-8(12)6-14-10(9(7)11)15-4-2-13-3-5-15/h6,13H,2-5,12H2,1H3. The van der Waals surface area contributed by atoms with Crippen LogP contribution in [0, 0.1) is 6.92 Å². The number of pyridine rings is 1. The van der Waals surface area contributed by atoms with Gasteiger partial charge in [0, 0.05) is 26.2 Å². The third-order valence-corrected chi connectivity index (χ3v) is 3.65. The van der Waals surface area contributed by atoms with Gasteiger partial charge >= 0.3 is 0 Å². The maximum Gasteiger partial charge on any atom is 0.143 e. The first-order valence-corrected chi connectivity index (χ1v) is 5.85. The summed E-state index contributed by atoms with van der Waals surface area (Å²) in [6.07, 6.45) is 1.73. The maximum atomic E-state index is 5.80. The van der Waals surface area contributed by atoms with Gasteiger partial charge in [0.25, 0.3) is 0 Å². The van der Waals surface area contributed by atoms with Gasteiger partial charge < -0.3 is 16.0 Å². The highest BCUT2D eigenvalue weighted by molar-refractivity contribution is 9.10. The topological polar surface area (TPSA) is 54.2 Å². The quantitative estimate of drug-likeness (QED) is 0.804. The van der Waals surface area contributed by atoms with Gasteiger partial charge in [-0.1, -0.05) is 0 Å². The molecule has 3 N–H and O–H groups in total. The Balaban J connectivity index is 2.31. The molecule has 2 rings (SSSR count). The van der Waals surface area contributed by atoms with Crippen molar-refractivity contribution < 1.29 is 0 Å².